The van der Waals surface area contributed by atoms with Gasteiger partial charge in [-0.15, -0.1) is 0 Å². The van der Waals surface area contributed by atoms with E-state index in [2.05, 4.69) is 0 Å². The molecule has 0 aliphatic carbocycles. The van der Waals surface area contributed by atoms with Crippen molar-refractivity contribution in [1.82, 2.24) is 4.90 Å². The summed E-state index contributed by atoms with van der Waals surface area (Å²) in [7, 11) is 0. The predicted octanol–water partition coefficient (Wildman–Crippen LogP) is 1.41. The van der Waals surface area contributed by atoms with Gasteiger partial charge in [0.15, 0.2) is 0 Å². The summed E-state index contributed by atoms with van der Waals surface area (Å²) in [6.07, 6.45) is 1.16. The number of rotatable bonds is 4. The smallest absolute Gasteiger partial charge is 0.329 e. The molecule has 1 aliphatic rings. The van der Waals surface area contributed by atoms with Crippen molar-refractivity contribution < 1.29 is 24.5 Å². The summed E-state index contributed by atoms with van der Waals surface area (Å²) in [5.74, 6) is -0.901. The Morgan fingerprint density at radius 3 is 2.57 bits per heavy atom. The van der Waals surface area contributed by atoms with Crippen LogP contribution in [0, 0.1) is 6.92 Å². The third-order valence-corrected chi connectivity index (χ3v) is 3.61. The van der Waals surface area contributed by atoms with Gasteiger partial charge in [0.25, 0.3) is 5.91 Å². The molecule has 1 saturated heterocycles. The molecule has 1 fully saturated rings. The van der Waals surface area contributed by atoms with Gasteiger partial charge in [-0.3, -0.25) is 4.79 Å². The molecule has 1 aromatic carbocycles. The number of phenols is 1. The molecule has 1 amide bonds. The summed E-state index contributed by atoms with van der Waals surface area (Å²) in [6, 6.07) is 4.69. The number of aliphatic carboxylic acids is 1. The second-order valence-electron chi connectivity index (χ2n) is 5.20. The minimum atomic E-state index is -0.978. The molecule has 6 nitrogen and oxygen atoms in total. The van der Waals surface area contributed by atoms with Crippen molar-refractivity contribution in [1.29, 1.82) is 0 Å². The van der Waals surface area contributed by atoms with Crippen LogP contribution in [-0.2, 0) is 9.53 Å². The van der Waals surface area contributed by atoms with Crippen molar-refractivity contribution in [3.8, 4) is 5.75 Å². The zero-order valence-electron chi connectivity index (χ0n) is 11.9. The third-order valence-electron chi connectivity index (χ3n) is 3.61. The number of benzene rings is 1. The molecule has 114 valence electrons. The van der Waals surface area contributed by atoms with E-state index >= 15 is 0 Å². The van der Waals surface area contributed by atoms with Gasteiger partial charge in [0.1, 0.15) is 12.4 Å². The highest BCUT2D eigenvalue weighted by molar-refractivity contribution is 5.95. The van der Waals surface area contributed by atoms with E-state index in [-0.39, 0.29) is 24.4 Å². The highest BCUT2D eigenvalue weighted by Gasteiger charge is 2.25. The molecular formula is C15H19NO5. The Balaban J connectivity index is 1.92. The number of hydrogen-bond donors (Lipinski definition) is 2. The van der Waals surface area contributed by atoms with Crippen LogP contribution in [-0.4, -0.2) is 52.8 Å². The lowest BCUT2D eigenvalue weighted by atomic mass is 10.0. The number of hydrogen-bond acceptors (Lipinski definition) is 4. The highest BCUT2D eigenvalue weighted by Crippen LogP contribution is 2.20. The van der Waals surface area contributed by atoms with Crippen LogP contribution in [0.15, 0.2) is 18.2 Å². The second kappa shape index (κ2) is 6.58. The quantitative estimate of drug-likeness (QED) is 0.876. The highest BCUT2D eigenvalue weighted by atomic mass is 16.5. The van der Waals surface area contributed by atoms with Crippen LogP contribution in [0.25, 0.3) is 0 Å². The fraction of sp³-hybridized carbons (Fsp3) is 0.467. The van der Waals surface area contributed by atoms with Gasteiger partial charge in [-0.25, -0.2) is 4.79 Å². The van der Waals surface area contributed by atoms with Crippen LogP contribution < -0.4 is 0 Å². The molecule has 2 rings (SSSR count). The summed E-state index contributed by atoms with van der Waals surface area (Å²) in [5.41, 5.74) is 1.32. The van der Waals surface area contributed by atoms with E-state index in [0.29, 0.717) is 31.5 Å². The van der Waals surface area contributed by atoms with E-state index in [0.717, 1.165) is 5.56 Å². The maximum absolute atomic E-state index is 12.4. The Hall–Kier alpha value is -2.08. The Bertz CT molecular complexity index is 535. The SMILES string of the molecule is Cc1cc(O)ccc1C(=O)N1CCC(OCC(=O)O)CC1. The molecule has 0 unspecified atom stereocenters. The number of phenolic OH excluding ortho intramolecular Hbond substituents is 1. The van der Waals surface area contributed by atoms with Crippen LogP contribution in [0.1, 0.15) is 28.8 Å². The van der Waals surface area contributed by atoms with E-state index in [1.165, 1.54) is 6.07 Å². The first-order valence-corrected chi connectivity index (χ1v) is 6.89. The number of nitrogens with zero attached hydrogens (tertiary/aromatic N) is 1. The molecule has 0 saturated carbocycles. The average molecular weight is 293 g/mol. The van der Waals surface area contributed by atoms with E-state index in [4.69, 9.17) is 9.84 Å². The van der Waals surface area contributed by atoms with Crippen molar-refractivity contribution in [3.05, 3.63) is 29.3 Å². The first-order valence-electron chi connectivity index (χ1n) is 6.89. The minimum Gasteiger partial charge on any atom is -0.508 e. The Kier molecular flexibility index (Phi) is 4.80. The van der Waals surface area contributed by atoms with Crippen LogP contribution in [0.2, 0.25) is 0 Å². The summed E-state index contributed by atoms with van der Waals surface area (Å²) < 4.78 is 5.25. The number of ether oxygens (including phenoxy) is 1. The third kappa shape index (κ3) is 3.95. The van der Waals surface area contributed by atoms with Gasteiger partial charge in [0.2, 0.25) is 0 Å². The molecule has 0 radical (unpaired) electrons. The minimum absolute atomic E-state index is 0.0656. The number of carboxylic acid groups (broad SMARTS) is 1. The number of carbonyl (C=O) groups is 2. The maximum Gasteiger partial charge on any atom is 0.329 e. The number of carbonyl (C=O) groups excluding carboxylic acids is 1. The lowest BCUT2D eigenvalue weighted by Crippen LogP contribution is -2.41. The molecule has 21 heavy (non-hydrogen) atoms. The molecule has 0 spiro atoms. The summed E-state index contributed by atoms with van der Waals surface area (Å²) in [4.78, 5) is 24.6. The van der Waals surface area contributed by atoms with Crippen LogP contribution in [0.5, 0.6) is 5.75 Å². The average Bonchev–Trinajstić information content (AvgIpc) is 2.45. The lowest BCUT2D eigenvalue weighted by molar-refractivity contribution is -0.145. The van der Waals surface area contributed by atoms with Crippen LogP contribution in [0.3, 0.4) is 0 Å². The molecule has 0 atom stereocenters. The fourth-order valence-corrected chi connectivity index (χ4v) is 2.47. The first kappa shape index (κ1) is 15.3. The predicted molar refractivity (Wildman–Crippen MR) is 75.4 cm³/mol. The van der Waals surface area contributed by atoms with Crippen molar-refractivity contribution in [3.63, 3.8) is 0 Å². The van der Waals surface area contributed by atoms with E-state index in [9.17, 15) is 14.7 Å². The van der Waals surface area contributed by atoms with Crippen molar-refractivity contribution in [2.75, 3.05) is 19.7 Å². The van der Waals surface area contributed by atoms with E-state index in [1.807, 2.05) is 0 Å². The fourth-order valence-electron chi connectivity index (χ4n) is 2.47. The Morgan fingerprint density at radius 1 is 1.33 bits per heavy atom. The zero-order chi connectivity index (χ0) is 15.4. The van der Waals surface area contributed by atoms with E-state index in [1.54, 1.807) is 24.0 Å². The number of likely N-dealkylation sites (tertiary alicyclic amines) is 1. The summed E-state index contributed by atoms with van der Waals surface area (Å²) in [6.45, 7) is 2.58. The molecule has 2 N–H and O–H groups in total. The molecular weight excluding hydrogens is 274 g/mol. The number of aryl methyl sites for hydroxylation is 1. The number of carboxylic acids is 1. The summed E-state index contributed by atoms with van der Waals surface area (Å²) in [5, 5.41) is 18.0. The van der Waals surface area contributed by atoms with Gasteiger partial charge in [-0.2, -0.15) is 0 Å². The molecule has 1 heterocycles. The second-order valence-corrected chi connectivity index (χ2v) is 5.20. The van der Waals surface area contributed by atoms with Crippen LogP contribution in [0.4, 0.5) is 0 Å². The molecule has 1 aromatic rings. The topological polar surface area (TPSA) is 87.1 Å². The van der Waals surface area contributed by atoms with Gasteiger partial charge in [-0.1, -0.05) is 0 Å². The maximum atomic E-state index is 12.4. The largest absolute Gasteiger partial charge is 0.508 e. The zero-order valence-corrected chi connectivity index (χ0v) is 11.9. The normalized spacial score (nSPS) is 16.0. The lowest BCUT2D eigenvalue weighted by Gasteiger charge is -2.32. The Morgan fingerprint density at radius 2 is 2.00 bits per heavy atom. The van der Waals surface area contributed by atoms with Gasteiger partial charge in [-0.05, 0) is 43.5 Å². The van der Waals surface area contributed by atoms with Gasteiger partial charge < -0.3 is 19.8 Å². The molecule has 6 heteroatoms. The van der Waals surface area contributed by atoms with Crippen molar-refractivity contribution in [2.45, 2.75) is 25.9 Å². The molecule has 1 aliphatic heterocycles. The van der Waals surface area contributed by atoms with Gasteiger partial charge in [0, 0.05) is 18.7 Å². The molecule has 0 bridgehead atoms. The number of amides is 1. The van der Waals surface area contributed by atoms with Gasteiger partial charge in [0.05, 0.1) is 6.10 Å². The van der Waals surface area contributed by atoms with Crippen molar-refractivity contribution in [2.24, 2.45) is 0 Å². The van der Waals surface area contributed by atoms with Crippen LogP contribution >= 0.6 is 0 Å². The number of aromatic hydroxyl groups is 1. The Labute approximate surface area is 122 Å². The van der Waals surface area contributed by atoms with E-state index < -0.39 is 5.97 Å². The van der Waals surface area contributed by atoms with Crippen molar-refractivity contribution >= 4 is 11.9 Å². The monoisotopic (exact) mass is 293 g/mol. The molecule has 0 aromatic heterocycles. The first-order chi connectivity index (χ1) is 9.97. The standard InChI is InChI=1S/C15H19NO5/c1-10-8-11(17)2-3-13(10)15(20)16-6-4-12(5-7-16)21-9-14(18)19/h2-3,8,12,17H,4-7,9H2,1H3,(H,18,19). The summed E-state index contributed by atoms with van der Waals surface area (Å²) >= 11 is 0. The van der Waals surface area contributed by atoms with Gasteiger partial charge >= 0.3 is 5.97 Å². The number of piperidine rings is 1.